The van der Waals surface area contributed by atoms with Crippen LogP contribution in [0.1, 0.15) is 0 Å². The molecule has 126 valence electrons. The van der Waals surface area contributed by atoms with E-state index in [1.807, 2.05) is 48.5 Å². The highest BCUT2D eigenvalue weighted by atomic mass is 14.9. The highest BCUT2D eigenvalue weighted by molar-refractivity contribution is 5.98. The van der Waals surface area contributed by atoms with E-state index in [1.165, 1.54) is 0 Å². The summed E-state index contributed by atoms with van der Waals surface area (Å²) in [4.78, 5) is 0. The molecule has 0 bridgehead atoms. The van der Waals surface area contributed by atoms with E-state index in [1.54, 1.807) is 0 Å². The normalized spacial score (nSPS) is 10.5. The lowest BCUT2D eigenvalue weighted by Gasteiger charge is -2.19. The van der Waals surface area contributed by atoms with E-state index < -0.39 is 0 Å². The third-order valence-electron chi connectivity index (χ3n) is 4.42. The Labute approximate surface area is 153 Å². The minimum Gasteiger partial charge on any atom is -0.398 e. The first kappa shape index (κ1) is 16.0. The largest absolute Gasteiger partial charge is 0.398 e. The van der Waals surface area contributed by atoms with Crippen molar-refractivity contribution in [1.82, 2.24) is 0 Å². The molecule has 0 amide bonds. The molecule has 0 saturated heterocycles. The molecule has 4 aromatic rings. The van der Waals surface area contributed by atoms with Crippen molar-refractivity contribution < 1.29 is 0 Å². The number of benzene rings is 4. The van der Waals surface area contributed by atoms with Crippen LogP contribution in [-0.2, 0) is 0 Å². The molecule has 26 heavy (non-hydrogen) atoms. The first-order valence-electron chi connectivity index (χ1n) is 8.68. The van der Waals surface area contributed by atoms with Gasteiger partial charge in [0.1, 0.15) is 0 Å². The second-order valence-corrected chi connectivity index (χ2v) is 6.18. The van der Waals surface area contributed by atoms with E-state index in [-0.39, 0.29) is 0 Å². The number of nitrogen functional groups attached to an aromatic ring is 1. The lowest BCUT2D eigenvalue weighted by atomic mass is 9.91. The van der Waals surface area contributed by atoms with Crippen LogP contribution in [-0.4, -0.2) is 0 Å². The minimum absolute atomic E-state index is 0.772. The zero-order chi connectivity index (χ0) is 17.8. The molecular weight excluding hydrogens is 316 g/mol. The van der Waals surface area contributed by atoms with Gasteiger partial charge in [-0.1, -0.05) is 78.9 Å². The van der Waals surface area contributed by atoms with Gasteiger partial charge in [0.15, 0.2) is 0 Å². The van der Waals surface area contributed by atoms with Crippen LogP contribution in [0.5, 0.6) is 0 Å². The molecule has 0 unspecified atom stereocenters. The predicted molar refractivity (Wildman–Crippen MR) is 111 cm³/mol. The van der Waals surface area contributed by atoms with Gasteiger partial charge >= 0.3 is 0 Å². The Bertz CT molecular complexity index is 994. The Morgan fingerprint density at radius 3 is 1.58 bits per heavy atom. The number of hydrogen-bond acceptors (Lipinski definition) is 2. The van der Waals surface area contributed by atoms with Gasteiger partial charge < -0.3 is 11.1 Å². The predicted octanol–water partition coefficient (Wildman–Crippen LogP) is 6.35. The number of rotatable bonds is 4. The standard InChI is InChI=1S/C24H20N2/c25-21-16-17-22(26-20-14-8-3-9-15-20)24(19-12-6-2-7-13-19)23(21)18-10-4-1-5-11-18/h1-17,26H,25H2. The van der Waals surface area contributed by atoms with Crippen LogP contribution in [0.3, 0.4) is 0 Å². The van der Waals surface area contributed by atoms with Gasteiger partial charge in [-0.05, 0) is 35.4 Å². The summed E-state index contributed by atoms with van der Waals surface area (Å²) in [5.41, 5.74) is 13.7. The van der Waals surface area contributed by atoms with E-state index >= 15 is 0 Å². The Morgan fingerprint density at radius 1 is 0.500 bits per heavy atom. The van der Waals surface area contributed by atoms with Crippen molar-refractivity contribution in [2.75, 3.05) is 11.1 Å². The van der Waals surface area contributed by atoms with Gasteiger partial charge in [0.05, 0.1) is 0 Å². The lowest BCUT2D eigenvalue weighted by Crippen LogP contribution is -1.99. The third-order valence-corrected chi connectivity index (χ3v) is 4.42. The van der Waals surface area contributed by atoms with Gasteiger partial charge in [-0.2, -0.15) is 0 Å². The molecule has 0 spiro atoms. The Morgan fingerprint density at radius 2 is 1.00 bits per heavy atom. The number of hydrogen-bond donors (Lipinski definition) is 2. The SMILES string of the molecule is Nc1ccc(Nc2ccccc2)c(-c2ccccc2)c1-c1ccccc1. The molecule has 2 heteroatoms. The lowest BCUT2D eigenvalue weighted by molar-refractivity contribution is 1.52. The van der Waals surface area contributed by atoms with Crippen molar-refractivity contribution in [3.05, 3.63) is 103 Å². The highest BCUT2D eigenvalue weighted by Crippen LogP contribution is 2.42. The van der Waals surface area contributed by atoms with E-state index in [9.17, 15) is 0 Å². The third kappa shape index (κ3) is 3.17. The summed E-state index contributed by atoms with van der Waals surface area (Å²) >= 11 is 0. The maximum atomic E-state index is 6.43. The quantitative estimate of drug-likeness (QED) is 0.426. The molecule has 0 fully saturated rings. The van der Waals surface area contributed by atoms with Gasteiger partial charge in [0.25, 0.3) is 0 Å². The van der Waals surface area contributed by atoms with Gasteiger partial charge in [-0.25, -0.2) is 0 Å². The van der Waals surface area contributed by atoms with Crippen LogP contribution < -0.4 is 11.1 Å². The summed E-state index contributed by atoms with van der Waals surface area (Å²) in [6.45, 7) is 0. The van der Waals surface area contributed by atoms with Gasteiger partial charge in [0, 0.05) is 28.2 Å². The number of nitrogens with two attached hydrogens (primary N) is 1. The fraction of sp³-hybridized carbons (Fsp3) is 0. The highest BCUT2D eigenvalue weighted by Gasteiger charge is 2.15. The molecule has 0 saturated carbocycles. The number of anilines is 3. The number of para-hydroxylation sites is 1. The fourth-order valence-electron chi connectivity index (χ4n) is 3.22. The zero-order valence-electron chi connectivity index (χ0n) is 14.4. The van der Waals surface area contributed by atoms with Crippen LogP contribution >= 0.6 is 0 Å². The Hall–Kier alpha value is -3.52. The topological polar surface area (TPSA) is 38.0 Å². The molecule has 0 radical (unpaired) electrons. The monoisotopic (exact) mass is 336 g/mol. The van der Waals surface area contributed by atoms with Crippen LogP contribution in [0.4, 0.5) is 17.1 Å². The molecule has 0 heterocycles. The molecule has 0 atom stereocenters. The smallest absolute Gasteiger partial charge is 0.0471 e. The molecule has 4 aromatic carbocycles. The van der Waals surface area contributed by atoms with Crippen molar-refractivity contribution >= 4 is 17.1 Å². The summed E-state index contributed by atoms with van der Waals surface area (Å²) in [6, 6.07) is 34.9. The molecule has 0 aliphatic rings. The Kier molecular flexibility index (Phi) is 4.40. The summed E-state index contributed by atoms with van der Waals surface area (Å²) < 4.78 is 0. The zero-order valence-corrected chi connectivity index (χ0v) is 14.4. The van der Waals surface area contributed by atoms with E-state index in [4.69, 9.17) is 5.73 Å². The molecule has 0 aliphatic carbocycles. The molecule has 0 aromatic heterocycles. The first-order valence-corrected chi connectivity index (χ1v) is 8.68. The van der Waals surface area contributed by atoms with E-state index in [2.05, 4.69) is 59.9 Å². The van der Waals surface area contributed by atoms with Gasteiger partial charge in [-0.15, -0.1) is 0 Å². The van der Waals surface area contributed by atoms with Crippen LogP contribution in [0.15, 0.2) is 103 Å². The summed E-state index contributed by atoms with van der Waals surface area (Å²) in [5, 5.41) is 3.55. The van der Waals surface area contributed by atoms with Crippen LogP contribution in [0, 0.1) is 0 Å². The first-order chi connectivity index (χ1) is 12.8. The summed E-state index contributed by atoms with van der Waals surface area (Å²) in [5.74, 6) is 0. The molecule has 3 N–H and O–H groups in total. The van der Waals surface area contributed by atoms with E-state index in [0.29, 0.717) is 0 Å². The molecule has 2 nitrogen and oxygen atoms in total. The van der Waals surface area contributed by atoms with Gasteiger partial charge in [0.2, 0.25) is 0 Å². The fourth-order valence-corrected chi connectivity index (χ4v) is 3.22. The van der Waals surface area contributed by atoms with Crippen molar-refractivity contribution in [3.63, 3.8) is 0 Å². The van der Waals surface area contributed by atoms with Crippen molar-refractivity contribution in [2.24, 2.45) is 0 Å². The maximum absolute atomic E-state index is 6.43. The maximum Gasteiger partial charge on any atom is 0.0471 e. The second kappa shape index (κ2) is 7.16. The summed E-state index contributed by atoms with van der Waals surface area (Å²) in [6.07, 6.45) is 0. The minimum atomic E-state index is 0.772. The van der Waals surface area contributed by atoms with Crippen molar-refractivity contribution in [2.45, 2.75) is 0 Å². The summed E-state index contributed by atoms with van der Waals surface area (Å²) in [7, 11) is 0. The van der Waals surface area contributed by atoms with Crippen molar-refractivity contribution in [1.29, 1.82) is 0 Å². The Balaban J connectivity index is 1.95. The molecule has 0 aliphatic heterocycles. The average Bonchev–Trinajstić information content (AvgIpc) is 2.71. The number of nitrogens with one attached hydrogen (secondary N) is 1. The second-order valence-electron chi connectivity index (χ2n) is 6.18. The molecular formula is C24H20N2. The van der Waals surface area contributed by atoms with Crippen LogP contribution in [0.25, 0.3) is 22.3 Å². The van der Waals surface area contributed by atoms with Crippen LogP contribution in [0.2, 0.25) is 0 Å². The average molecular weight is 336 g/mol. The van der Waals surface area contributed by atoms with Crippen molar-refractivity contribution in [3.8, 4) is 22.3 Å². The van der Waals surface area contributed by atoms with Gasteiger partial charge in [-0.3, -0.25) is 0 Å². The van der Waals surface area contributed by atoms with E-state index in [0.717, 1.165) is 39.3 Å². The molecule has 4 rings (SSSR count).